The number of ether oxygens (including phenoxy) is 1. The molecule has 180 valence electrons. The van der Waals surface area contributed by atoms with Gasteiger partial charge in [0, 0.05) is 64.3 Å². The number of aryl methyl sites for hydroxylation is 3. The number of carbonyl (C=O) groups is 2. The van der Waals surface area contributed by atoms with Crippen LogP contribution in [0.3, 0.4) is 0 Å². The van der Waals surface area contributed by atoms with Crippen molar-refractivity contribution in [3.63, 3.8) is 0 Å². The molecular weight excluding hydrogens is 442 g/mol. The van der Waals surface area contributed by atoms with Crippen molar-refractivity contribution in [3.8, 4) is 0 Å². The van der Waals surface area contributed by atoms with Gasteiger partial charge in [-0.05, 0) is 37.7 Å². The summed E-state index contributed by atoms with van der Waals surface area (Å²) in [7, 11) is 1.65. The molecule has 2 aromatic heterocycles. The zero-order valence-corrected chi connectivity index (χ0v) is 20.1. The Morgan fingerprint density at radius 2 is 1.97 bits per heavy atom. The van der Waals surface area contributed by atoms with E-state index in [9.17, 15) is 14.4 Å². The minimum atomic E-state index is -0.0199. The standard InChI is InChI=1S/C23H33N5O4S/c1-32-14-4-8-24-19(29)15-26-10-12-27(13-11-26)20(30)7-9-28-16-25-22-21(23(28)31)17-5-2-3-6-18(17)33-22/h16H,2-15H2,1H3,(H,24,29). The van der Waals surface area contributed by atoms with E-state index in [1.807, 2.05) is 4.90 Å². The second-order valence-corrected chi connectivity index (χ2v) is 9.82. The van der Waals surface area contributed by atoms with Crippen molar-refractivity contribution in [1.29, 1.82) is 0 Å². The molecule has 33 heavy (non-hydrogen) atoms. The van der Waals surface area contributed by atoms with Crippen LogP contribution in [0.4, 0.5) is 0 Å². The van der Waals surface area contributed by atoms with Gasteiger partial charge in [0.2, 0.25) is 11.8 Å². The number of fused-ring (bicyclic) bond motifs is 3. The Morgan fingerprint density at radius 3 is 2.76 bits per heavy atom. The van der Waals surface area contributed by atoms with Crippen LogP contribution in [0, 0.1) is 0 Å². The van der Waals surface area contributed by atoms with Crippen molar-refractivity contribution < 1.29 is 14.3 Å². The second-order valence-electron chi connectivity index (χ2n) is 8.74. The molecule has 1 aliphatic carbocycles. The first-order valence-corrected chi connectivity index (χ1v) is 12.6. The van der Waals surface area contributed by atoms with Crippen molar-refractivity contribution in [2.75, 3.05) is 53.0 Å². The zero-order chi connectivity index (χ0) is 23.2. The minimum absolute atomic E-state index is 0.00349. The Hall–Kier alpha value is -2.30. The van der Waals surface area contributed by atoms with Crippen molar-refractivity contribution >= 4 is 33.4 Å². The lowest BCUT2D eigenvalue weighted by molar-refractivity contribution is -0.133. The summed E-state index contributed by atoms with van der Waals surface area (Å²) in [5.41, 5.74) is 1.16. The highest BCUT2D eigenvalue weighted by molar-refractivity contribution is 7.18. The lowest BCUT2D eigenvalue weighted by atomic mass is 9.97. The highest BCUT2D eigenvalue weighted by atomic mass is 32.1. The first-order valence-electron chi connectivity index (χ1n) is 11.8. The molecular formula is C23H33N5O4S. The van der Waals surface area contributed by atoms with Crippen LogP contribution in [0.25, 0.3) is 10.2 Å². The normalized spacial score (nSPS) is 16.7. The predicted molar refractivity (Wildman–Crippen MR) is 128 cm³/mol. The van der Waals surface area contributed by atoms with Crippen LogP contribution in [-0.4, -0.2) is 84.2 Å². The van der Waals surface area contributed by atoms with Gasteiger partial charge in [0.1, 0.15) is 4.83 Å². The van der Waals surface area contributed by atoms with Gasteiger partial charge in [0.15, 0.2) is 0 Å². The fourth-order valence-electron chi connectivity index (χ4n) is 4.57. The SMILES string of the molecule is COCCCNC(=O)CN1CCN(C(=O)CCn2cnc3sc4c(c3c2=O)CCCC4)CC1. The number of nitrogens with zero attached hydrogens (tertiary/aromatic N) is 4. The van der Waals surface area contributed by atoms with E-state index < -0.39 is 0 Å². The van der Waals surface area contributed by atoms with Crippen LogP contribution in [0.5, 0.6) is 0 Å². The monoisotopic (exact) mass is 475 g/mol. The number of carbonyl (C=O) groups excluding carboxylic acids is 2. The molecule has 3 heterocycles. The number of amides is 2. The third-order valence-corrected chi connectivity index (χ3v) is 7.65. The number of rotatable bonds is 9. The first-order chi connectivity index (χ1) is 16.1. The molecule has 9 nitrogen and oxygen atoms in total. The van der Waals surface area contributed by atoms with E-state index in [1.165, 1.54) is 16.9 Å². The smallest absolute Gasteiger partial charge is 0.262 e. The molecule has 1 aliphatic heterocycles. The maximum Gasteiger partial charge on any atom is 0.262 e. The number of aromatic nitrogens is 2. The summed E-state index contributed by atoms with van der Waals surface area (Å²) >= 11 is 1.64. The number of piperazine rings is 1. The number of nitrogens with one attached hydrogen (secondary N) is 1. The van der Waals surface area contributed by atoms with Gasteiger partial charge in [-0.2, -0.15) is 0 Å². The minimum Gasteiger partial charge on any atom is -0.385 e. The van der Waals surface area contributed by atoms with E-state index in [0.29, 0.717) is 52.4 Å². The van der Waals surface area contributed by atoms with Gasteiger partial charge in [-0.25, -0.2) is 4.98 Å². The molecule has 10 heteroatoms. The Balaban J connectivity index is 1.25. The summed E-state index contributed by atoms with van der Waals surface area (Å²) < 4.78 is 6.57. The maximum absolute atomic E-state index is 13.1. The Labute approximate surface area is 197 Å². The molecule has 2 aliphatic rings. The summed E-state index contributed by atoms with van der Waals surface area (Å²) in [5.74, 6) is 0.0433. The van der Waals surface area contributed by atoms with Crippen LogP contribution < -0.4 is 10.9 Å². The molecule has 1 N–H and O–H groups in total. The van der Waals surface area contributed by atoms with Crippen LogP contribution in [0.2, 0.25) is 0 Å². The second kappa shape index (κ2) is 11.2. The van der Waals surface area contributed by atoms with Gasteiger partial charge >= 0.3 is 0 Å². The quantitative estimate of drug-likeness (QED) is 0.544. The summed E-state index contributed by atoms with van der Waals surface area (Å²) in [6.45, 7) is 4.47. The molecule has 1 saturated heterocycles. The summed E-state index contributed by atoms with van der Waals surface area (Å²) in [6.07, 6.45) is 6.94. The number of methoxy groups -OCH3 is 1. The van der Waals surface area contributed by atoms with Gasteiger partial charge < -0.3 is 15.0 Å². The molecule has 0 saturated carbocycles. The first kappa shape index (κ1) is 23.8. The molecule has 4 rings (SSSR count). The van der Waals surface area contributed by atoms with E-state index in [2.05, 4.69) is 15.2 Å². The Bertz CT molecular complexity index is 1040. The average molecular weight is 476 g/mol. The summed E-state index contributed by atoms with van der Waals surface area (Å²) in [5, 5.41) is 3.66. The van der Waals surface area contributed by atoms with E-state index in [0.717, 1.165) is 35.9 Å². The zero-order valence-electron chi connectivity index (χ0n) is 19.3. The van der Waals surface area contributed by atoms with E-state index in [-0.39, 0.29) is 23.8 Å². The van der Waals surface area contributed by atoms with E-state index in [4.69, 9.17) is 4.74 Å². The molecule has 2 aromatic rings. The fraction of sp³-hybridized carbons (Fsp3) is 0.652. The van der Waals surface area contributed by atoms with E-state index in [1.54, 1.807) is 29.3 Å². The van der Waals surface area contributed by atoms with Crippen molar-refractivity contribution in [1.82, 2.24) is 24.7 Å². The molecule has 0 atom stereocenters. The van der Waals surface area contributed by atoms with Gasteiger partial charge in [0.05, 0.1) is 18.3 Å². The van der Waals surface area contributed by atoms with Crippen molar-refractivity contribution in [2.45, 2.75) is 45.1 Å². The molecule has 0 radical (unpaired) electrons. The summed E-state index contributed by atoms with van der Waals surface area (Å²) in [6, 6.07) is 0. The number of hydrogen-bond donors (Lipinski definition) is 1. The topological polar surface area (TPSA) is 96.8 Å². The highest BCUT2D eigenvalue weighted by Gasteiger charge is 2.23. The number of hydrogen-bond acceptors (Lipinski definition) is 7. The third-order valence-electron chi connectivity index (χ3n) is 6.45. The lowest BCUT2D eigenvalue weighted by Crippen LogP contribution is -2.51. The van der Waals surface area contributed by atoms with Crippen LogP contribution in [-0.2, 0) is 33.7 Å². The predicted octanol–water partition coefficient (Wildman–Crippen LogP) is 1.02. The van der Waals surface area contributed by atoms with E-state index >= 15 is 0 Å². The lowest BCUT2D eigenvalue weighted by Gasteiger charge is -2.34. The molecule has 0 bridgehead atoms. The van der Waals surface area contributed by atoms with Gasteiger partial charge in [-0.15, -0.1) is 11.3 Å². The highest BCUT2D eigenvalue weighted by Crippen LogP contribution is 2.33. The Morgan fingerprint density at radius 1 is 1.18 bits per heavy atom. The van der Waals surface area contributed by atoms with Crippen LogP contribution in [0.1, 0.15) is 36.1 Å². The molecule has 0 spiro atoms. The van der Waals surface area contributed by atoms with Crippen molar-refractivity contribution in [3.05, 3.63) is 27.1 Å². The van der Waals surface area contributed by atoms with Crippen LogP contribution >= 0.6 is 11.3 Å². The van der Waals surface area contributed by atoms with Gasteiger partial charge in [-0.1, -0.05) is 0 Å². The fourth-order valence-corrected chi connectivity index (χ4v) is 5.79. The largest absolute Gasteiger partial charge is 0.385 e. The average Bonchev–Trinajstić information content (AvgIpc) is 3.21. The summed E-state index contributed by atoms with van der Waals surface area (Å²) in [4.78, 5) is 48.4. The Kier molecular flexibility index (Phi) is 8.11. The molecule has 1 fully saturated rings. The van der Waals surface area contributed by atoms with Crippen molar-refractivity contribution in [2.24, 2.45) is 0 Å². The maximum atomic E-state index is 13.1. The molecule has 0 unspecified atom stereocenters. The number of thiophene rings is 1. The molecule has 2 amide bonds. The van der Waals surface area contributed by atoms with Gasteiger partial charge in [-0.3, -0.25) is 23.9 Å². The van der Waals surface area contributed by atoms with Gasteiger partial charge in [0.25, 0.3) is 5.56 Å². The van der Waals surface area contributed by atoms with Crippen LogP contribution in [0.15, 0.2) is 11.1 Å². The third kappa shape index (κ3) is 5.80. The molecule has 0 aromatic carbocycles.